The van der Waals surface area contributed by atoms with Gasteiger partial charge in [0.1, 0.15) is 0 Å². The summed E-state index contributed by atoms with van der Waals surface area (Å²) in [4.78, 5) is 11.1. The van der Waals surface area contributed by atoms with E-state index in [2.05, 4.69) is 4.74 Å². The summed E-state index contributed by atoms with van der Waals surface area (Å²) in [6.07, 6.45) is 0. The standard InChI is InChI=1S/C15H19BF2O4/c1-13(2)14(3,4)22-16(21-13)11-8-6-10(7-9-11)15(17,18)12(19)20-5/h6-9H,1-5H3. The molecule has 0 unspecified atom stereocenters. The summed E-state index contributed by atoms with van der Waals surface area (Å²) in [7, 11) is 0.292. The number of halogens is 2. The van der Waals surface area contributed by atoms with E-state index in [0.717, 1.165) is 7.11 Å². The Labute approximate surface area is 128 Å². The number of alkyl halides is 2. The molecular formula is C15H19BF2O4. The second-order valence-corrected chi connectivity index (χ2v) is 6.28. The van der Waals surface area contributed by atoms with E-state index < -0.39 is 35.8 Å². The van der Waals surface area contributed by atoms with E-state index in [1.165, 1.54) is 24.3 Å². The first-order valence-electron chi connectivity index (χ1n) is 6.93. The molecule has 1 heterocycles. The normalized spacial score (nSPS) is 20.0. The zero-order valence-corrected chi connectivity index (χ0v) is 13.3. The van der Waals surface area contributed by atoms with Gasteiger partial charge >= 0.3 is 19.0 Å². The molecule has 1 saturated heterocycles. The zero-order valence-electron chi connectivity index (χ0n) is 13.3. The van der Waals surface area contributed by atoms with Crippen molar-refractivity contribution in [1.82, 2.24) is 0 Å². The summed E-state index contributed by atoms with van der Waals surface area (Å²) >= 11 is 0. The Morgan fingerprint density at radius 3 is 1.95 bits per heavy atom. The number of rotatable bonds is 3. The number of hydrogen-bond acceptors (Lipinski definition) is 4. The van der Waals surface area contributed by atoms with Gasteiger partial charge in [-0.05, 0) is 33.2 Å². The predicted octanol–water partition coefficient (Wildman–Crippen LogP) is 2.25. The third-order valence-electron chi connectivity index (χ3n) is 4.24. The van der Waals surface area contributed by atoms with Gasteiger partial charge in [-0.1, -0.05) is 24.3 Å². The number of methoxy groups -OCH3 is 1. The summed E-state index contributed by atoms with van der Waals surface area (Å²) in [6, 6.07) is 5.29. The van der Waals surface area contributed by atoms with Gasteiger partial charge in [0.25, 0.3) is 0 Å². The average Bonchev–Trinajstić information content (AvgIpc) is 2.66. The van der Waals surface area contributed by atoms with Crippen molar-refractivity contribution in [2.75, 3.05) is 7.11 Å². The van der Waals surface area contributed by atoms with Crippen molar-refractivity contribution in [3.8, 4) is 0 Å². The van der Waals surface area contributed by atoms with Crippen LogP contribution in [0.3, 0.4) is 0 Å². The molecule has 0 radical (unpaired) electrons. The highest BCUT2D eigenvalue weighted by molar-refractivity contribution is 6.62. The first-order chi connectivity index (χ1) is 10.0. The molecule has 1 aromatic rings. The van der Waals surface area contributed by atoms with E-state index >= 15 is 0 Å². The predicted molar refractivity (Wildman–Crippen MR) is 78.1 cm³/mol. The van der Waals surface area contributed by atoms with Crippen LogP contribution in [-0.2, 0) is 24.8 Å². The molecule has 0 spiro atoms. The summed E-state index contributed by atoms with van der Waals surface area (Å²) in [5.74, 6) is -5.26. The van der Waals surface area contributed by atoms with E-state index in [1.807, 2.05) is 27.7 Å². The van der Waals surface area contributed by atoms with Crippen molar-refractivity contribution in [3.63, 3.8) is 0 Å². The highest BCUT2D eigenvalue weighted by Gasteiger charge is 2.52. The highest BCUT2D eigenvalue weighted by Crippen LogP contribution is 2.36. The van der Waals surface area contributed by atoms with Crippen LogP contribution in [0.1, 0.15) is 33.3 Å². The third kappa shape index (κ3) is 2.75. The van der Waals surface area contributed by atoms with E-state index in [0.29, 0.717) is 5.46 Å². The molecule has 0 saturated carbocycles. The second kappa shape index (κ2) is 5.31. The Balaban J connectivity index is 2.23. The van der Waals surface area contributed by atoms with Gasteiger partial charge in [0.05, 0.1) is 18.3 Å². The van der Waals surface area contributed by atoms with Crippen LogP contribution < -0.4 is 5.46 Å². The molecular weight excluding hydrogens is 293 g/mol. The summed E-state index contributed by atoms with van der Waals surface area (Å²) < 4.78 is 43.3. The number of carbonyl (C=O) groups is 1. The molecule has 1 aromatic carbocycles. The van der Waals surface area contributed by atoms with Crippen molar-refractivity contribution in [2.45, 2.75) is 44.8 Å². The smallest absolute Gasteiger partial charge is 0.464 e. The Kier molecular flexibility index (Phi) is 4.08. The lowest BCUT2D eigenvalue weighted by molar-refractivity contribution is -0.170. The minimum absolute atomic E-state index is 0.431. The van der Waals surface area contributed by atoms with Gasteiger partial charge < -0.3 is 14.0 Å². The van der Waals surface area contributed by atoms with Gasteiger partial charge in [-0.2, -0.15) is 8.78 Å². The molecule has 0 aromatic heterocycles. The summed E-state index contributed by atoms with van der Waals surface area (Å²) in [5, 5.41) is 0. The molecule has 0 bridgehead atoms. The van der Waals surface area contributed by atoms with E-state index in [4.69, 9.17) is 9.31 Å². The van der Waals surface area contributed by atoms with Gasteiger partial charge in [0.15, 0.2) is 0 Å². The Morgan fingerprint density at radius 1 is 1.09 bits per heavy atom. The molecule has 0 N–H and O–H groups in total. The fourth-order valence-corrected chi connectivity index (χ4v) is 2.07. The van der Waals surface area contributed by atoms with Crippen LogP contribution in [0.2, 0.25) is 0 Å². The fourth-order valence-electron chi connectivity index (χ4n) is 2.07. The van der Waals surface area contributed by atoms with Crippen molar-refractivity contribution >= 4 is 18.6 Å². The molecule has 7 heteroatoms. The fraction of sp³-hybridized carbons (Fsp3) is 0.533. The van der Waals surface area contributed by atoms with E-state index in [-0.39, 0.29) is 0 Å². The van der Waals surface area contributed by atoms with Crippen LogP contribution in [0.25, 0.3) is 0 Å². The number of benzene rings is 1. The van der Waals surface area contributed by atoms with Gasteiger partial charge in [-0.3, -0.25) is 0 Å². The molecule has 1 aliphatic heterocycles. The van der Waals surface area contributed by atoms with E-state index in [9.17, 15) is 13.6 Å². The maximum atomic E-state index is 13.8. The SMILES string of the molecule is COC(=O)C(F)(F)c1ccc(B2OC(C)(C)C(C)(C)O2)cc1. The van der Waals surface area contributed by atoms with Crippen LogP contribution >= 0.6 is 0 Å². The third-order valence-corrected chi connectivity index (χ3v) is 4.24. The number of esters is 1. The van der Waals surface area contributed by atoms with Crippen molar-refractivity contribution in [3.05, 3.63) is 29.8 Å². The lowest BCUT2D eigenvalue weighted by Crippen LogP contribution is -2.41. The van der Waals surface area contributed by atoms with Crippen molar-refractivity contribution in [1.29, 1.82) is 0 Å². The van der Waals surface area contributed by atoms with Gasteiger partial charge in [-0.15, -0.1) is 0 Å². The number of carbonyl (C=O) groups excluding carboxylic acids is 1. The average molecular weight is 312 g/mol. The van der Waals surface area contributed by atoms with E-state index in [1.54, 1.807) is 0 Å². The van der Waals surface area contributed by atoms with Gasteiger partial charge in [-0.25, -0.2) is 4.79 Å². The Hall–Kier alpha value is -1.47. The minimum Gasteiger partial charge on any atom is -0.464 e. The van der Waals surface area contributed by atoms with Crippen LogP contribution in [0, 0.1) is 0 Å². The largest absolute Gasteiger partial charge is 0.494 e. The highest BCUT2D eigenvalue weighted by atomic mass is 19.3. The topological polar surface area (TPSA) is 44.8 Å². The molecule has 22 heavy (non-hydrogen) atoms. The molecule has 0 amide bonds. The zero-order chi connectivity index (χ0) is 16.8. The minimum atomic E-state index is -3.68. The second-order valence-electron chi connectivity index (χ2n) is 6.28. The quantitative estimate of drug-likeness (QED) is 0.634. The Morgan fingerprint density at radius 2 is 1.55 bits per heavy atom. The van der Waals surface area contributed by atoms with Crippen LogP contribution in [0.15, 0.2) is 24.3 Å². The maximum Gasteiger partial charge on any atom is 0.494 e. The molecule has 1 aliphatic rings. The molecule has 2 rings (SSSR count). The first kappa shape index (κ1) is 16.9. The molecule has 1 fully saturated rings. The number of hydrogen-bond donors (Lipinski definition) is 0. The first-order valence-corrected chi connectivity index (χ1v) is 6.93. The van der Waals surface area contributed by atoms with Crippen LogP contribution in [0.4, 0.5) is 8.78 Å². The van der Waals surface area contributed by atoms with Gasteiger partial charge in [0, 0.05) is 5.56 Å². The number of ether oxygens (including phenoxy) is 1. The van der Waals surface area contributed by atoms with Gasteiger partial charge in [0.2, 0.25) is 0 Å². The molecule has 0 atom stereocenters. The molecule has 120 valence electrons. The molecule has 4 nitrogen and oxygen atoms in total. The van der Waals surface area contributed by atoms with Crippen LogP contribution in [0.5, 0.6) is 0 Å². The lowest BCUT2D eigenvalue weighted by atomic mass is 9.78. The Bertz CT molecular complexity index is 553. The summed E-state index contributed by atoms with van der Waals surface area (Å²) in [5.41, 5.74) is -0.832. The maximum absolute atomic E-state index is 13.8. The molecule has 0 aliphatic carbocycles. The van der Waals surface area contributed by atoms with Crippen molar-refractivity contribution in [2.24, 2.45) is 0 Å². The van der Waals surface area contributed by atoms with Crippen LogP contribution in [-0.4, -0.2) is 31.4 Å². The van der Waals surface area contributed by atoms with Crippen molar-refractivity contribution < 1.29 is 27.6 Å². The summed E-state index contributed by atoms with van der Waals surface area (Å²) in [6.45, 7) is 7.64. The monoisotopic (exact) mass is 312 g/mol. The lowest BCUT2D eigenvalue weighted by Gasteiger charge is -2.32.